The number of phenols is 1. The summed E-state index contributed by atoms with van der Waals surface area (Å²) < 4.78 is 0. The van der Waals surface area contributed by atoms with E-state index in [1.54, 1.807) is 26.0 Å². The summed E-state index contributed by atoms with van der Waals surface area (Å²) >= 11 is 0. The maximum absolute atomic E-state index is 12.8. The first-order chi connectivity index (χ1) is 16.4. The van der Waals surface area contributed by atoms with Crippen molar-refractivity contribution in [2.75, 3.05) is 13.1 Å². The molecule has 1 rings (SSSR count). The fourth-order valence-electron chi connectivity index (χ4n) is 3.04. The lowest BCUT2D eigenvalue weighted by atomic mass is 10.0. The predicted octanol–water partition coefficient (Wildman–Crippen LogP) is -1.86. The third-order valence-corrected chi connectivity index (χ3v) is 4.99. The Labute approximate surface area is 203 Å². The molecule has 3 amide bonds. The van der Waals surface area contributed by atoms with Gasteiger partial charge in [-0.05, 0) is 36.5 Å². The van der Waals surface area contributed by atoms with E-state index in [0.717, 1.165) is 0 Å². The van der Waals surface area contributed by atoms with Crippen LogP contribution in [0, 0.1) is 5.92 Å². The van der Waals surface area contributed by atoms with Crippen molar-refractivity contribution in [3.63, 3.8) is 0 Å². The number of nitrogens with one attached hydrogen (secondary N) is 3. The van der Waals surface area contributed by atoms with Gasteiger partial charge in [0.1, 0.15) is 17.8 Å². The van der Waals surface area contributed by atoms with Crippen molar-refractivity contribution in [1.82, 2.24) is 16.0 Å². The van der Waals surface area contributed by atoms with Gasteiger partial charge >= 0.3 is 5.97 Å². The highest BCUT2D eigenvalue weighted by Crippen LogP contribution is 2.12. The third kappa shape index (κ3) is 11.2. The highest BCUT2D eigenvalue weighted by atomic mass is 16.4. The van der Waals surface area contributed by atoms with Crippen molar-refractivity contribution >= 4 is 29.7 Å². The number of hydrogen-bond acceptors (Lipinski definition) is 7. The first-order valence-corrected chi connectivity index (χ1v) is 11.1. The van der Waals surface area contributed by atoms with Gasteiger partial charge in [-0.2, -0.15) is 0 Å². The number of aliphatic imine (C=N–C) groups is 1. The van der Waals surface area contributed by atoms with Crippen molar-refractivity contribution in [1.29, 1.82) is 0 Å². The van der Waals surface area contributed by atoms with Gasteiger partial charge < -0.3 is 43.4 Å². The number of carboxylic acids is 1. The van der Waals surface area contributed by atoms with E-state index in [1.807, 2.05) is 0 Å². The summed E-state index contributed by atoms with van der Waals surface area (Å²) in [7, 11) is 0. The lowest BCUT2D eigenvalue weighted by Crippen LogP contribution is -2.55. The summed E-state index contributed by atoms with van der Waals surface area (Å²) in [6.07, 6.45) is 0.788. The number of carbonyl (C=O) groups excluding carboxylic acids is 3. The maximum atomic E-state index is 12.8. The molecule has 0 fully saturated rings. The summed E-state index contributed by atoms with van der Waals surface area (Å²) in [5.41, 5.74) is 16.9. The molecule has 13 heteroatoms. The summed E-state index contributed by atoms with van der Waals surface area (Å²) in [6.45, 7) is 3.16. The molecule has 13 nitrogen and oxygen atoms in total. The van der Waals surface area contributed by atoms with E-state index in [-0.39, 0.29) is 18.1 Å². The van der Waals surface area contributed by atoms with E-state index >= 15 is 0 Å². The normalized spacial score (nSPS) is 13.3. The van der Waals surface area contributed by atoms with Crippen LogP contribution in [0.25, 0.3) is 0 Å². The van der Waals surface area contributed by atoms with E-state index in [9.17, 15) is 29.4 Å². The van der Waals surface area contributed by atoms with Crippen LogP contribution in [0.2, 0.25) is 0 Å². The average molecular weight is 494 g/mol. The lowest BCUT2D eigenvalue weighted by molar-refractivity contribution is -0.143. The van der Waals surface area contributed by atoms with Gasteiger partial charge in [0.25, 0.3) is 0 Å². The number of nitrogens with two attached hydrogens (primary N) is 3. The van der Waals surface area contributed by atoms with Crippen LogP contribution in [-0.2, 0) is 25.6 Å². The largest absolute Gasteiger partial charge is 0.508 e. The molecule has 0 aliphatic carbocycles. The van der Waals surface area contributed by atoms with Gasteiger partial charge in [-0.15, -0.1) is 0 Å². The van der Waals surface area contributed by atoms with Crippen LogP contribution in [-0.4, -0.2) is 71.1 Å². The predicted molar refractivity (Wildman–Crippen MR) is 129 cm³/mol. The molecular formula is C22H35N7O6. The average Bonchev–Trinajstić information content (AvgIpc) is 2.78. The standard InChI is InChI=1S/C22H35N7O6/c1-12(2)18(21(34)35)29-20(33)16(10-13-5-7-14(30)8-6-13)28-17(31)11-27-19(32)15(23)4-3-9-26-22(24)25/h5-8,12,15-16,18,30H,3-4,9-11,23H2,1-2H3,(H,27,32)(H,28,31)(H,29,33)(H,34,35)(H4,24,25,26). The molecule has 0 heterocycles. The second-order valence-electron chi connectivity index (χ2n) is 8.33. The van der Waals surface area contributed by atoms with Crippen LogP contribution >= 0.6 is 0 Å². The molecule has 0 saturated heterocycles. The van der Waals surface area contributed by atoms with E-state index in [0.29, 0.717) is 24.9 Å². The van der Waals surface area contributed by atoms with Gasteiger partial charge in [0, 0.05) is 13.0 Å². The minimum Gasteiger partial charge on any atom is -0.508 e. The summed E-state index contributed by atoms with van der Waals surface area (Å²) in [5.74, 6) is -3.55. The number of hydrogen-bond donors (Lipinski definition) is 8. The molecule has 3 unspecified atom stereocenters. The molecule has 0 aliphatic rings. The molecule has 0 aliphatic heterocycles. The van der Waals surface area contributed by atoms with Gasteiger partial charge in [0.15, 0.2) is 5.96 Å². The Kier molecular flexibility index (Phi) is 12.0. The smallest absolute Gasteiger partial charge is 0.326 e. The van der Waals surface area contributed by atoms with Gasteiger partial charge in [-0.3, -0.25) is 19.4 Å². The summed E-state index contributed by atoms with van der Waals surface area (Å²) in [4.78, 5) is 52.7. The Bertz CT molecular complexity index is 900. The highest BCUT2D eigenvalue weighted by Gasteiger charge is 2.29. The second kappa shape index (κ2) is 14.4. The van der Waals surface area contributed by atoms with Crippen molar-refractivity contribution < 1.29 is 29.4 Å². The Hall–Kier alpha value is -3.87. The van der Waals surface area contributed by atoms with Crippen molar-refractivity contribution in [3.05, 3.63) is 29.8 Å². The highest BCUT2D eigenvalue weighted by molar-refractivity contribution is 5.92. The number of rotatable bonds is 14. The number of aromatic hydroxyl groups is 1. The Morgan fingerprint density at radius 1 is 1.03 bits per heavy atom. The van der Waals surface area contributed by atoms with Crippen LogP contribution in [0.15, 0.2) is 29.3 Å². The zero-order chi connectivity index (χ0) is 26.5. The topological polar surface area (TPSA) is 235 Å². The van der Waals surface area contributed by atoms with Crippen LogP contribution in [0.1, 0.15) is 32.3 Å². The molecule has 0 radical (unpaired) electrons. The van der Waals surface area contributed by atoms with E-state index in [4.69, 9.17) is 17.2 Å². The van der Waals surface area contributed by atoms with Crippen molar-refractivity contribution in [2.24, 2.45) is 28.1 Å². The van der Waals surface area contributed by atoms with Gasteiger partial charge in [-0.25, -0.2) is 4.79 Å². The van der Waals surface area contributed by atoms with E-state index in [1.165, 1.54) is 12.1 Å². The lowest BCUT2D eigenvalue weighted by Gasteiger charge is -2.23. The molecule has 3 atom stereocenters. The molecule has 0 aromatic heterocycles. The van der Waals surface area contributed by atoms with Crippen molar-refractivity contribution in [2.45, 2.75) is 51.2 Å². The number of carboxylic acid groups (broad SMARTS) is 1. The fraction of sp³-hybridized carbons (Fsp3) is 0.500. The fourth-order valence-corrected chi connectivity index (χ4v) is 3.04. The number of phenolic OH excluding ortho intramolecular Hbond substituents is 1. The second-order valence-corrected chi connectivity index (χ2v) is 8.33. The molecule has 1 aromatic carbocycles. The van der Waals surface area contributed by atoms with Gasteiger partial charge in [-0.1, -0.05) is 26.0 Å². The zero-order valence-corrected chi connectivity index (χ0v) is 19.9. The molecule has 1 aromatic rings. The SMILES string of the molecule is CC(C)C(NC(=O)C(Cc1ccc(O)cc1)NC(=O)CNC(=O)C(N)CCCN=C(N)N)C(=O)O. The number of aliphatic carboxylic acids is 1. The van der Waals surface area contributed by atoms with Crippen LogP contribution in [0.3, 0.4) is 0 Å². The molecule has 0 bridgehead atoms. The quantitative estimate of drug-likeness (QED) is 0.0823. The minimum absolute atomic E-state index is 0.0283. The Morgan fingerprint density at radius 3 is 2.20 bits per heavy atom. The van der Waals surface area contributed by atoms with Gasteiger partial charge in [0.2, 0.25) is 17.7 Å². The summed E-state index contributed by atoms with van der Waals surface area (Å²) in [6, 6.07) is 2.83. The maximum Gasteiger partial charge on any atom is 0.326 e. The van der Waals surface area contributed by atoms with Crippen LogP contribution < -0.4 is 33.2 Å². The number of nitrogens with zero attached hydrogens (tertiary/aromatic N) is 1. The Balaban J connectivity index is 2.77. The van der Waals surface area contributed by atoms with Crippen LogP contribution in [0.4, 0.5) is 0 Å². The Morgan fingerprint density at radius 2 is 1.66 bits per heavy atom. The molecule has 0 saturated carbocycles. The van der Waals surface area contributed by atoms with E-state index < -0.39 is 54.3 Å². The first-order valence-electron chi connectivity index (χ1n) is 11.1. The summed E-state index contributed by atoms with van der Waals surface area (Å²) in [5, 5.41) is 26.2. The molecule has 35 heavy (non-hydrogen) atoms. The molecule has 194 valence electrons. The third-order valence-electron chi connectivity index (χ3n) is 4.99. The molecular weight excluding hydrogens is 458 g/mol. The number of amides is 3. The number of guanidine groups is 1. The molecule has 11 N–H and O–H groups in total. The van der Waals surface area contributed by atoms with E-state index in [2.05, 4.69) is 20.9 Å². The monoisotopic (exact) mass is 493 g/mol. The van der Waals surface area contributed by atoms with Crippen LogP contribution in [0.5, 0.6) is 5.75 Å². The first kappa shape index (κ1) is 29.2. The van der Waals surface area contributed by atoms with Gasteiger partial charge in [0.05, 0.1) is 12.6 Å². The zero-order valence-electron chi connectivity index (χ0n) is 19.9. The number of carbonyl (C=O) groups is 4. The molecule has 0 spiro atoms. The van der Waals surface area contributed by atoms with Crippen molar-refractivity contribution in [3.8, 4) is 5.75 Å². The number of benzene rings is 1. The minimum atomic E-state index is -1.20.